The van der Waals surface area contributed by atoms with E-state index in [2.05, 4.69) is 20.8 Å². The first-order valence-electron chi connectivity index (χ1n) is 11.1. The molecule has 182 valence electrons. The predicted octanol–water partition coefficient (Wildman–Crippen LogP) is 2.87. The number of aromatic hydroxyl groups is 1. The van der Waals surface area contributed by atoms with Crippen LogP contribution in [-0.4, -0.2) is 59.0 Å². The van der Waals surface area contributed by atoms with E-state index in [1.54, 1.807) is 6.07 Å². The zero-order chi connectivity index (χ0) is 24.3. The second-order valence-electron chi connectivity index (χ2n) is 8.94. The summed E-state index contributed by atoms with van der Waals surface area (Å²) in [5.41, 5.74) is 0.656. The Labute approximate surface area is 196 Å². The minimum atomic E-state index is -0.491. The van der Waals surface area contributed by atoms with Gasteiger partial charge < -0.3 is 30.0 Å². The number of phenolic OH excluding ortho intramolecular Hbond substituents is 1. The molecule has 2 amide bonds. The number of carbonyl (C=O) groups is 3. The highest BCUT2D eigenvalue weighted by molar-refractivity contribution is 5.91. The molecular formula is C23H28N4O7. The van der Waals surface area contributed by atoms with Gasteiger partial charge in [0.1, 0.15) is 23.4 Å². The molecule has 0 radical (unpaired) electrons. The van der Waals surface area contributed by atoms with Crippen molar-refractivity contribution in [1.29, 1.82) is 0 Å². The van der Waals surface area contributed by atoms with Crippen molar-refractivity contribution in [2.45, 2.75) is 56.6 Å². The van der Waals surface area contributed by atoms with Crippen molar-refractivity contribution >= 4 is 24.1 Å². The first kappa shape index (κ1) is 23.4. The van der Waals surface area contributed by atoms with Gasteiger partial charge in [0.25, 0.3) is 5.91 Å². The number of aldehydes is 1. The minimum Gasteiger partial charge on any atom is -0.507 e. The summed E-state index contributed by atoms with van der Waals surface area (Å²) in [6, 6.07) is 4.43. The van der Waals surface area contributed by atoms with Crippen molar-refractivity contribution in [3.8, 4) is 17.2 Å². The number of aromatic nitrogens is 2. The highest BCUT2D eigenvalue weighted by atomic mass is 16.6. The third-order valence-electron chi connectivity index (χ3n) is 6.17. The van der Waals surface area contributed by atoms with Gasteiger partial charge in [-0.15, -0.1) is 0 Å². The number of phenols is 1. The fourth-order valence-corrected chi connectivity index (χ4v) is 3.94. The van der Waals surface area contributed by atoms with Gasteiger partial charge in [-0.1, -0.05) is 0 Å². The van der Waals surface area contributed by atoms with Gasteiger partial charge in [-0.05, 0) is 39.0 Å². The van der Waals surface area contributed by atoms with Crippen LogP contribution >= 0.6 is 0 Å². The molecule has 4 N–H and O–H groups in total. The highest BCUT2D eigenvalue weighted by Crippen LogP contribution is 2.37. The maximum absolute atomic E-state index is 12.3. The van der Waals surface area contributed by atoms with E-state index in [0.717, 1.165) is 31.4 Å². The number of nitrogens with one attached hydrogen (secondary N) is 3. The first-order valence-corrected chi connectivity index (χ1v) is 11.1. The van der Waals surface area contributed by atoms with Gasteiger partial charge in [0.15, 0.2) is 18.7 Å². The topological polar surface area (TPSA) is 152 Å². The molecule has 0 bridgehead atoms. The van der Waals surface area contributed by atoms with Crippen molar-refractivity contribution in [2.75, 3.05) is 19.0 Å². The number of nitrogens with zero attached hydrogens (tertiary/aromatic N) is 1. The summed E-state index contributed by atoms with van der Waals surface area (Å²) in [5.74, 6) is -0.0140. The molecule has 1 aromatic heterocycles. The molecule has 2 atom stereocenters. The van der Waals surface area contributed by atoms with E-state index in [-0.39, 0.29) is 46.5 Å². The minimum absolute atomic E-state index is 0.0291. The monoisotopic (exact) mass is 472 g/mol. The Morgan fingerprint density at radius 1 is 1.29 bits per heavy atom. The molecule has 0 saturated heterocycles. The molecule has 2 saturated carbocycles. The Balaban J connectivity index is 1.27. The summed E-state index contributed by atoms with van der Waals surface area (Å²) in [4.78, 5) is 35.6. The number of hydrogen-bond acceptors (Lipinski definition) is 8. The average Bonchev–Trinajstić information content (AvgIpc) is 3.16. The molecule has 11 nitrogen and oxygen atoms in total. The van der Waals surface area contributed by atoms with E-state index in [9.17, 15) is 19.5 Å². The molecule has 34 heavy (non-hydrogen) atoms. The lowest BCUT2D eigenvalue weighted by Crippen LogP contribution is -2.36. The fraction of sp³-hybridized carbons (Fsp3) is 0.478. The zero-order valence-electron chi connectivity index (χ0n) is 19.1. The van der Waals surface area contributed by atoms with E-state index in [4.69, 9.17) is 14.2 Å². The number of anilines is 1. The maximum atomic E-state index is 12.3. The summed E-state index contributed by atoms with van der Waals surface area (Å²) in [6.07, 6.45) is 4.13. The van der Waals surface area contributed by atoms with Crippen LogP contribution in [0.15, 0.2) is 18.2 Å². The van der Waals surface area contributed by atoms with E-state index < -0.39 is 12.5 Å². The van der Waals surface area contributed by atoms with Crippen LogP contribution in [0.1, 0.15) is 61.0 Å². The van der Waals surface area contributed by atoms with Gasteiger partial charge in [-0.2, -0.15) is 5.10 Å². The van der Waals surface area contributed by atoms with Crippen LogP contribution in [0.2, 0.25) is 0 Å². The van der Waals surface area contributed by atoms with Crippen LogP contribution in [0.3, 0.4) is 0 Å². The van der Waals surface area contributed by atoms with Crippen molar-refractivity contribution in [1.82, 2.24) is 15.5 Å². The molecule has 2 fully saturated rings. The molecule has 0 spiro atoms. The van der Waals surface area contributed by atoms with E-state index in [1.807, 2.05) is 6.92 Å². The predicted molar refractivity (Wildman–Crippen MR) is 120 cm³/mol. The van der Waals surface area contributed by atoms with Gasteiger partial charge in [0.2, 0.25) is 0 Å². The number of alkyl carbamates (subject to hydrolysis) is 1. The Morgan fingerprint density at radius 2 is 2.09 bits per heavy atom. The Hall–Kier alpha value is -3.76. The second-order valence-corrected chi connectivity index (χ2v) is 8.94. The van der Waals surface area contributed by atoms with Crippen molar-refractivity contribution in [3.05, 3.63) is 29.5 Å². The van der Waals surface area contributed by atoms with Gasteiger partial charge in [-0.25, -0.2) is 4.79 Å². The lowest BCUT2D eigenvalue weighted by molar-refractivity contribution is -0.118. The fourth-order valence-electron chi connectivity index (χ4n) is 3.94. The molecule has 1 aromatic carbocycles. The number of amides is 2. The Morgan fingerprint density at radius 3 is 2.79 bits per heavy atom. The lowest BCUT2D eigenvalue weighted by atomic mass is 10.0. The number of ether oxygens (including phenoxy) is 3. The van der Waals surface area contributed by atoms with Crippen LogP contribution in [0.5, 0.6) is 17.2 Å². The van der Waals surface area contributed by atoms with Gasteiger partial charge >= 0.3 is 6.09 Å². The molecule has 1 unspecified atom stereocenters. The summed E-state index contributed by atoms with van der Waals surface area (Å²) >= 11 is 0. The quantitative estimate of drug-likeness (QED) is 0.407. The second kappa shape index (κ2) is 9.62. The third-order valence-corrected chi connectivity index (χ3v) is 6.17. The van der Waals surface area contributed by atoms with Gasteiger partial charge in [0.05, 0.1) is 12.7 Å². The number of methoxy groups -OCH3 is 1. The largest absolute Gasteiger partial charge is 0.507 e. The van der Waals surface area contributed by atoms with Crippen molar-refractivity contribution in [2.24, 2.45) is 0 Å². The highest BCUT2D eigenvalue weighted by Gasteiger charge is 2.40. The van der Waals surface area contributed by atoms with Crippen LogP contribution in [0, 0.1) is 0 Å². The van der Waals surface area contributed by atoms with Crippen LogP contribution in [-0.2, 0) is 9.53 Å². The molecule has 4 rings (SSSR count). The lowest BCUT2D eigenvalue weighted by Gasteiger charge is -2.16. The van der Waals surface area contributed by atoms with Gasteiger partial charge in [0, 0.05) is 35.3 Å². The van der Waals surface area contributed by atoms with E-state index in [0.29, 0.717) is 18.5 Å². The van der Waals surface area contributed by atoms with Crippen LogP contribution < -0.4 is 20.1 Å². The number of H-pyrrole nitrogens is 1. The summed E-state index contributed by atoms with van der Waals surface area (Å²) in [6.45, 7) is 1.60. The molecule has 2 aliphatic carbocycles. The SMILES string of the molecule is COc1cc(O)c(C=O)c(OCC(=O)Nc2cc([C@H]3CCC(OC(=O)NC4(C)CC4)C3)[nH]n2)c1. The maximum Gasteiger partial charge on any atom is 0.407 e. The van der Waals surface area contributed by atoms with Crippen LogP contribution in [0.25, 0.3) is 0 Å². The number of hydrogen-bond donors (Lipinski definition) is 4. The molecule has 2 aromatic rings. The average molecular weight is 472 g/mol. The Bertz CT molecular complexity index is 1080. The summed E-state index contributed by atoms with van der Waals surface area (Å²) in [7, 11) is 1.41. The normalized spacial score (nSPS) is 20.3. The molecule has 1 heterocycles. The third kappa shape index (κ3) is 5.59. The van der Waals surface area contributed by atoms with Gasteiger partial charge in [-0.3, -0.25) is 14.7 Å². The van der Waals surface area contributed by atoms with E-state index in [1.165, 1.54) is 19.2 Å². The van der Waals surface area contributed by atoms with Crippen molar-refractivity contribution < 1.29 is 33.7 Å². The summed E-state index contributed by atoms with van der Waals surface area (Å²) < 4.78 is 16.0. The number of aromatic amines is 1. The number of carbonyl (C=O) groups excluding carboxylic acids is 3. The smallest absolute Gasteiger partial charge is 0.407 e. The Kier molecular flexibility index (Phi) is 6.62. The van der Waals surface area contributed by atoms with Crippen LogP contribution in [0.4, 0.5) is 10.6 Å². The first-order chi connectivity index (χ1) is 16.3. The van der Waals surface area contributed by atoms with E-state index >= 15 is 0 Å². The zero-order valence-corrected chi connectivity index (χ0v) is 19.1. The molecular weight excluding hydrogens is 444 g/mol. The molecule has 11 heteroatoms. The summed E-state index contributed by atoms with van der Waals surface area (Å²) in [5, 5.41) is 22.5. The number of benzene rings is 1. The van der Waals surface area contributed by atoms with Crippen molar-refractivity contribution in [3.63, 3.8) is 0 Å². The molecule has 0 aliphatic heterocycles. The molecule has 2 aliphatic rings. The standard InChI is InChI=1S/C23H28N4O7/c1-23(5-6-23)25-22(31)34-14-4-3-13(7-14)17-10-20(27-26-17)24-21(30)12-33-19-9-15(32-2)8-18(29)16(19)11-28/h8-11,13-14,29H,3-7,12H2,1-2H3,(H,25,31)(H2,24,26,27,30)/t13-,14?/m0/s1. The number of rotatable bonds is 9.